The molecule has 2 aromatic rings. The summed E-state index contributed by atoms with van der Waals surface area (Å²) in [4.78, 5) is 11.8. The summed E-state index contributed by atoms with van der Waals surface area (Å²) in [5.74, 6) is -1.06. The molecular formula is C18H22FN3O3. The number of phenols is 1. The van der Waals surface area contributed by atoms with E-state index in [1.807, 2.05) is 7.05 Å². The van der Waals surface area contributed by atoms with Crippen molar-refractivity contribution < 1.29 is 19.0 Å². The number of aryl methyl sites for hydroxylation is 1. The zero-order chi connectivity index (χ0) is 18.0. The fourth-order valence-corrected chi connectivity index (χ4v) is 3.48. The smallest absolute Gasteiger partial charge is 0.407 e. The van der Waals surface area contributed by atoms with E-state index in [0.717, 1.165) is 36.9 Å². The van der Waals surface area contributed by atoms with E-state index in [9.17, 15) is 14.3 Å². The lowest BCUT2D eigenvalue weighted by atomic mass is 9.92. The highest BCUT2D eigenvalue weighted by Crippen LogP contribution is 2.38. The SMILES string of the molecule is CNC(=O)OC1(Cc2c(-c3ccc(O)c(F)c3)cnn2C)CCCC1. The Morgan fingerprint density at radius 2 is 2.16 bits per heavy atom. The van der Waals surface area contributed by atoms with Gasteiger partial charge in [-0.05, 0) is 43.4 Å². The van der Waals surface area contributed by atoms with Crippen LogP contribution in [0.2, 0.25) is 0 Å². The number of aromatic hydroxyl groups is 1. The van der Waals surface area contributed by atoms with Crippen molar-refractivity contribution in [1.29, 1.82) is 0 Å². The third-order valence-electron chi connectivity index (χ3n) is 4.84. The van der Waals surface area contributed by atoms with Crippen LogP contribution in [0.15, 0.2) is 24.4 Å². The fourth-order valence-electron chi connectivity index (χ4n) is 3.48. The first-order valence-corrected chi connectivity index (χ1v) is 8.34. The molecule has 6 nitrogen and oxygen atoms in total. The van der Waals surface area contributed by atoms with Gasteiger partial charge in [0.2, 0.25) is 0 Å². The zero-order valence-corrected chi connectivity index (χ0v) is 14.4. The minimum absolute atomic E-state index is 0.385. The van der Waals surface area contributed by atoms with E-state index in [2.05, 4.69) is 10.4 Å². The predicted octanol–water partition coefficient (Wildman–Crippen LogP) is 3.14. The minimum Gasteiger partial charge on any atom is -0.505 e. The third-order valence-corrected chi connectivity index (χ3v) is 4.84. The Balaban J connectivity index is 1.95. The second-order valence-corrected chi connectivity index (χ2v) is 6.50. The standard InChI is InChI=1S/C18H22FN3O3/c1-20-17(24)25-18(7-3-4-8-18)10-15-13(11-21-22(15)2)12-5-6-16(23)14(19)9-12/h5-6,9,11,23H,3-4,7-8,10H2,1-2H3,(H,20,24). The molecule has 1 fully saturated rings. The highest BCUT2D eigenvalue weighted by molar-refractivity contribution is 5.68. The molecule has 1 amide bonds. The summed E-state index contributed by atoms with van der Waals surface area (Å²) in [6, 6.07) is 4.27. The van der Waals surface area contributed by atoms with Crippen molar-refractivity contribution in [2.24, 2.45) is 7.05 Å². The molecule has 3 rings (SSSR count). The number of alkyl carbamates (subject to hydrolysis) is 1. The predicted molar refractivity (Wildman–Crippen MR) is 90.7 cm³/mol. The first kappa shape index (κ1) is 17.3. The van der Waals surface area contributed by atoms with Crippen LogP contribution in [0.1, 0.15) is 31.4 Å². The first-order chi connectivity index (χ1) is 11.9. The Morgan fingerprint density at radius 1 is 1.44 bits per heavy atom. The van der Waals surface area contributed by atoms with Gasteiger partial charge in [0.25, 0.3) is 0 Å². The van der Waals surface area contributed by atoms with E-state index in [4.69, 9.17) is 4.74 Å². The van der Waals surface area contributed by atoms with Gasteiger partial charge in [-0.2, -0.15) is 5.10 Å². The Labute approximate surface area is 145 Å². The van der Waals surface area contributed by atoms with E-state index in [-0.39, 0.29) is 5.75 Å². The molecule has 1 aromatic heterocycles. The number of halogens is 1. The zero-order valence-electron chi connectivity index (χ0n) is 14.4. The number of carbonyl (C=O) groups excluding carboxylic acids is 1. The van der Waals surface area contributed by atoms with Gasteiger partial charge in [-0.1, -0.05) is 6.07 Å². The molecule has 1 aliphatic carbocycles. The molecule has 0 bridgehead atoms. The maximum atomic E-state index is 13.7. The number of aromatic nitrogens is 2. The average Bonchev–Trinajstić information content (AvgIpc) is 3.18. The molecule has 0 saturated heterocycles. The van der Waals surface area contributed by atoms with Crippen LogP contribution >= 0.6 is 0 Å². The fraction of sp³-hybridized carbons (Fsp3) is 0.444. The van der Waals surface area contributed by atoms with Crippen LogP contribution < -0.4 is 5.32 Å². The molecule has 0 spiro atoms. The van der Waals surface area contributed by atoms with Crippen LogP contribution in [0, 0.1) is 5.82 Å². The van der Waals surface area contributed by atoms with E-state index >= 15 is 0 Å². The van der Waals surface area contributed by atoms with Crippen LogP contribution in [0.4, 0.5) is 9.18 Å². The third kappa shape index (κ3) is 3.45. The second-order valence-electron chi connectivity index (χ2n) is 6.50. The molecule has 25 heavy (non-hydrogen) atoms. The lowest BCUT2D eigenvalue weighted by Gasteiger charge is -2.29. The Kier molecular flexibility index (Phi) is 4.65. The van der Waals surface area contributed by atoms with Gasteiger partial charge in [-0.25, -0.2) is 9.18 Å². The number of phenolic OH excluding ortho intramolecular Hbond substituents is 1. The van der Waals surface area contributed by atoms with Crippen LogP contribution in [0.5, 0.6) is 5.75 Å². The monoisotopic (exact) mass is 347 g/mol. The van der Waals surface area contributed by atoms with E-state index in [1.165, 1.54) is 12.1 Å². The molecule has 134 valence electrons. The van der Waals surface area contributed by atoms with Crippen molar-refractivity contribution in [3.8, 4) is 16.9 Å². The number of ether oxygens (including phenoxy) is 1. The number of carbonyl (C=O) groups is 1. The summed E-state index contributed by atoms with van der Waals surface area (Å²) in [6.45, 7) is 0. The largest absolute Gasteiger partial charge is 0.505 e. The molecule has 1 aliphatic rings. The topological polar surface area (TPSA) is 76.4 Å². The molecule has 0 unspecified atom stereocenters. The highest BCUT2D eigenvalue weighted by atomic mass is 19.1. The van der Waals surface area contributed by atoms with Gasteiger partial charge in [-0.15, -0.1) is 0 Å². The number of nitrogens with one attached hydrogen (secondary N) is 1. The maximum absolute atomic E-state index is 13.7. The van der Waals surface area contributed by atoms with Crippen molar-refractivity contribution in [3.05, 3.63) is 35.9 Å². The minimum atomic E-state index is -0.676. The van der Waals surface area contributed by atoms with Crippen molar-refractivity contribution in [2.75, 3.05) is 7.05 Å². The number of amides is 1. The van der Waals surface area contributed by atoms with Gasteiger partial charge >= 0.3 is 6.09 Å². The van der Waals surface area contributed by atoms with Gasteiger partial charge in [-0.3, -0.25) is 4.68 Å². The van der Waals surface area contributed by atoms with E-state index < -0.39 is 17.5 Å². The molecule has 0 aliphatic heterocycles. The number of rotatable bonds is 4. The molecular weight excluding hydrogens is 325 g/mol. The van der Waals surface area contributed by atoms with Gasteiger partial charge in [0.15, 0.2) is 11.6 Å². The number of nitrogens with zero attached hydrogens (tertiary/aromatic N) is 2. The Morgan fingerprint density at radius 3 is 2.80 bits per heavy atom. The molecule has 1 heterocycles. The molecule has 0 radical (unpaired) electrons. The quantitative estimate of drug-likeness (QED) is 0.891. The Hall–Kier alpha value is -2.57. The molecule has 7 heteroatoms. The van der Waals surface area contributed by atoms with Crippen LogP contribution in [-0.4, -0.2) is 33.6 Å². The van der Waals surface area contributed by atoms with Gasteiger partial charge < -0.3 is 15.2 Å². The maximum Gasteiger partial charge on any atom is 0.407 e. The molecule has 1 aromatic carbocycles. The summed E-state index contributed by atoms with van der Waals surface area (Å²) in [5, 5.41) is 16.2. The van der Waals surface area contributed by atoms with Crippen LogP contribution in [-0.2, 0) is 18.2 Å². The molecule has 2 N–H and O–H groups in total. The summed E-state index contributed by atoms with van der Waals surface area (Å²) in [6.07, 6.45) is 5.31. The second kappa shape index (κ2) is 6.74. The summed E-state index contributed by atoms with van der Waals surface area (Å²) in [7, 11) is 3.36. The van der Waals surface area contributed by atoms with Crippen molar-refractivity contribution in [2.45, 2.75) is 37.7 Å². The van der Waals surface area contributed by atoms with Gasteiger partial charge in [0, 0.05) is 31.8 Å². The Bertz CT molecular complexity index is 782. The first-order valence-electron chi connectivity index (χ1n) is 8.34. The van der Waals surface area contributed by atoms with E-state index in [1.54, 1.807) is 24.0 Å². The lowest BCUT2D eigenvalue weighted by molar-refractivity contribution is 0.0161. The van der Waals surface area contributed by atoms with Crippen LogP contribution in [0.3, 0.4) is 0 Å². The molecule has 1 saturated carbocycles. The number of benzene rings is 1. The van der Waals surface area contributed by atoms with E-state index in [0.29, 0.717) is 12.0 Å². The number of hydrogen-bond donors (Lipinski definition) is 2. The van der Waals surface area contributed by atoms with Crippen molar-refractivity contribution in [1.82, 2.24) is 15.1 Å². The normalized spacial score (nSPS) is 16.0. The molecule has 0 atom stereocenters. The van der Waals surface area contributed by atoms with Gasteiger partial charge in [0.05, 0.1) is 6.20 Å². The highest BCUT2D eigenvalue weighted by Gasteiger charge is 2.39. The summed E-state index contributed by atoms with van der Waals surface area (Å²) < 4.78 is 21.2. The van der Waals surface area contributed by atoms with Crippen molar-refractivity contribution >= 4 is 6.09 Å². The summed E-state index contributed by atoms with van der Waals surface area (Å²) >= 11 is 0. The summed E-state index contributed by atoms with van der Waals surface area (Å²) in [5.41, 5.74) is 1.70. The van der Waals surface area contributed by atoms with Crippen molar-refractivity contribution in [3.63, 3.8) is 0 Å². The van der Waals surface area contributed by atoms with Crippen LogP contribution in [0.25, 0.3) is 11.1 Å². The lowest BCUT2D eigenvalue weighted by Crippen LogP contribution is -2.38. The average molecular weight is 347 g/mol. The number of hydrogen-bond acceptors (Lipinski definition) is 4. The van der Waals surface area contributed by atoms with Gasteiger partial charge in [0.1, 0.15) is 5.60 Å².